The van der Waals surface area contributed by atoms with Gasteiger partial charge in [-0.1, -0.05) is 45.9 Å². The predicted octanol–water partition coefficient (Wildman–Crippen LogP) is 2.62. The third-order valence-corrected chi connectivity index (χ3v) is 4.59. The number of carbonyl (C=O) groups is 2. The Kier molecular flexibility index (Phi) is 8.91. The average Bonchev–Trinajstić information content (AvgIpc) is 2.59. The van der Waals surface area contributed by atoms with E-state index in [-0.39, 0.29) is 18.4 Å². The number of likely N-dealkylation sites (N-methyl/N-ethyl adjacent to an activating group) is 1. The molecule has 0 saturated heterocycles. The number of nitrogens with one attached hydrogen (secondary N) is 1. The van der Waals surface area contributed by atoms with E-state index in [2.05, 4.69) is 33.0 Å². The minimum Gasteiger partial charge on any atom is -0.480 e. The predicted molar refractivity (Wildman–Crippen MR) is 112 cm³/mol. The van der Waals surface area contributed by atoms with Crippen molar-refractivity contribution >= 4 is 17.6 Å². The Labute approximate surface area is 168 Å². The fourth-order valence-corrected chi connectivity index (χ4v) is 2.99. The molecule has 0 fully saturated rings. The summed E-state index contributed by atoms with van der Waals surface area (Å²) in [5, 5.41) is 12.5. The zero-order valence-electron chi connectivity index (χ0n) is 18.0. The number of carboxylic acids is 1. The van der Waals surface area contributed by atoms with Gasteiger partial charge in [0.05, 0.1) is 0 Å². The topological polar surface area (TPSA) is 105 Å². The van der Waals surface area contributed by atoms with Gasteiger partial charge in [0.1, 0.15) is 18.2 Å². The molecule has 1 rings (SSSR count). The monoisotopic (exact) mass is 393 g/mol. The van der Waals surface area contributed by atoms with Gasteiger partial charge >= 0.3 is 11.9 Å². The lowest BCUT2D eigenvalue weighted by Crippen LogP contribution is -2.50. The van der Waals surface area contributed by atoms with Crippen molar-refractivity contribution in [3.05, 3.63) is 29.3 Å². The van der Waals surface area contributed by atoms with Gasteiger partial charge in [0, 0.05) is 12.2 Å². The Morgan fingerprint density at radius 2 is 1.61 bits per heavy atom. The SMILES string of the molecule is CC(C)c1cccc(C(C)C)c1N[C@@H](C)C(=O)OC(CN(C)C)C(N)C(=O)O. The molecule has 0 radical (unpaired) electrons. The minimum absolute atomic E-state index is 0.228. The van der Waals surface area contributed by atoms with Crippen LogP contribution in [0.25, 0.3) is 0 Å². The lowest BCUT2D eigenvalue weighted by atomic mass is 9.92. The number of nitrogens with zero attached hydrogens (tertiary/aromatic N) is 1. The Balaban J connectivity index is 3.04. The third-order valence-electron chi connectivity index (χ3n) is 4.59. The van der Waals surface area contributed by atoms with Crippen molar-refractivity contribution in [1.82, 2.24) is 4.90 Å². The Bertz CT molecular complexity index is 647. The first-order chi connectivity index (χ1) is 13.0. The van der Waals surface area contributed by atoms with E-state index in [1.807, 2.05) is 18.2 Å². The Hall–Kier alpha value is -2.12. The fraction of sp³-hybridized carbons (Fsp3) is 0.619. The largest absolute Gasteiger partial charge is 0.480 e. The molecule has 0 bridgehead atoms. The van der Waals surface area contributed by atoms with Crippen LogP contribution in [0.1, 0.15) is 57.6 Å². The lowest BCUT2D eigenvalue weighted by Gasteiger charge is -2.27. The maximum Gasteiger partial charge on any atom is 0.328 e. The van der Waals surface area contributed by atoms with Crippen molar-refractivity contribution in [2.45, 2.75) is 64.6 Å². The van der Waals surface area contributed by atoms with Crippen molar-refractivity contribution in [3.8, 4) is 0 Å². The molecular formula is C21H35N3O4. The van der Waals surface area contributed by atoms with Gasteiger partial charge in [-0.2, -0.15) is 0 Å². The number of carbonyl (C=O) groups excluding carboxylic acids is 1. The summed E-state index contributed by atoms with van der Waals surface area (Å²) in [5.41, 5.74) is 8.89. The number of benzene rings is 1. The molecule has 0 saturated carbocycles. The summed E-state index contributed by atoms with van der Waals surface area (Å²) in [6, 6.07) is 4.19. The molecule has 0 amide bonds. The summed E-state index contributed by atoms with van der Waals surface area (Å²) in [6.45, 7) is 10.4. The van der Waals surface area contributed by atoms with Crippen molar-refractivity contribution in [2.75, 3.05) is 26.0 Å². The van der Waals surface area contributed by atoms with Crippen LogP contribution >= 0.6 is 0 Å². The van der Waals surface area contributed by atoms with E-state index in [4.69, 9.17) is 10.5 Å². The van der Waals surface area contributed by atoms with Crippen molar-refractivity contribution in [3.63, 3.8) is 0 Å². The summed E-state index contributed by atoms with van der Waals surface area (Å²) in [5.74, 6) is -1.16. The smallest absolute Gasteiger partial charge is 0.328 e. The third kappa shape index (κ3) is 6.49. The normalized spacial score (nSPS) is 14.8. The Morgan fingerprint density at radius 3 is 2.00 bits per heavy atom. The molecule has 1 aromatic rings. The summed E-state index contributed by atoms with van der Waals surface area (Å²) in [6.07, 6.45) is -0.936. The number of esters is 1. The molecule has 0 aromatic heterocycles. The summed E-state index contributed by atoms with van der Waals surface area (Å²) >= 11 is 0. The number of anilines is 1. The summed E-state index contributed by atoms with van der Waals surface area (Å²) < 4.78 is 5.47. The van der Waals surface area contributed by atoms with Gasteiger partial charge in [-0.3, -0.25) is 4.79 Å². The molecule has 0 heterocycles. The molecule has 1 aromatic carbocycles. The van der Waals surface area contributed by atoms with Gasteiger partial charge in [-0.15, -0.1) is 0 Å². The molecular weight excluding hydrogens is 358 g/mol. The molecule has 28 heavy (non-hydrogen) atoms. The quantitative estimate of drug-likeness (QED) is 0.525. The van der Waals surface area contributed by atoms with Crippen LogP contribution in [-0.2, 0) is 14.3 Å². The zero-order chi connectivity index (χ0) is 21.6. The van der Waals surface area contributed by atoms with Crippen LogP contribution in [0, 0.1) is 0 Å². The maximum atomic E-state index is 12.7. The number of para-hydroxylation sites is 1. The number of ether oxygens (including phenoxy) is 1. The van der Waals surface area contributed by atoms with E-state index in [0.717, 1.165) is 16.8 Å². The van der Waals surface area contributed by atoms with E-state index in [1.165, 1.54) is 0 Å². The van der Waals surface area contributed by atoms with Gasteiger partial charge in [-0.25, -0.2) is 4.79 Å². The van der Waals surface area contributed by atoms with Gasteiger partial charge in [0.25, 0.3) is 0 Å². The molecule has 2 unspecified atom stereocenters. The number of carboxylic acid groups (broad SMARTS) is 1. The maximum absolute atomic E-state index is 12.7. The molecule has 158 valence electrons. The van der Waals surface area contributed by atoms with Gasteiger partial charge < -0.3 is 25.8 Å². The number of hydrogen-bond acceptors (Lipinski definition) is 6. The van der Waals surface area contributed by atoms with Crippen LogP contribution in [-0.4, -0.2) is 60.8 Å². The number of rotatable bonds is 10. The molecule has 3 atom stereocenters. The first kappa shape index (κ1) is 23.9. The van der Waals surface area contributed by atoms with E-state index in [1.54, 1.807) is 25.9 Å². The summed E-state index contributed by atoms with van der Waals surface area (Å²) in [7, 11) is 3.54. The first-order valence-corrected chi connectivity index (χ1v) is 9.68. The molecule has 0 aliphatic heterocycles. The Morgan fingerprint density at radius 1 is 1.11 bits per heavy atom. The van der Waals surface area contributed by atoms with E-state index < -0.39 is 30.1 Å². The second kappa shape index (κ2) is 10.4. The zero-order valence-corrected chi connectivity index (χ0v) is 18.0. The number of aliphatic carboxylic acids is 1. The van der Waals surface area contributed by atoms with Crippen molar-refractivity contribution < 1.29 is 19.4 Å². The highest BCUT2D eigenvalue weighted by Crippen LogP contribution is 2.32. The second-order valence-electron chi connectivity index (χ2n) is 8.09. The van der Waals surface area contributed by atoms with Crippen molar-refractivity contribution in [2.24, 2.45) is 5.73 Å². The van der Waals surface area contributed by atoms with E-state index in [0.29, 0.717) is 0 Å². The first-order valence-electron chi connectivity index (χ1n) is 9.68. The molecule has 0 spiro atoms. The average molecular weight is 394 g/mol. The molecule has 7 heteroatoms. The van der Waals surface area contributed by atoms with Crippen LogP contribution in [0.15, 0.2) is 18.2 Å². The number of nitrogens with two attached hydrogens (primary N) is 1. The highest BCUT2D eigenvalue weighted by atomic mass is 16.5. The minimum atomic E-state index is -1.28. The standard InChI is InChI=1S/C21H35N3O4/c1-12(2)15-9-8-10-16(13(3)4)19(15)23-14(5)21(27)28-17(11-24(6)7)18(22)20(25)26/h8-10,12-14,17-18,23H,11,22H2,1-7H3,(H,25,26)/t14-,17?,18?/m0/s1. The second-order valence-corrected chi connectivity index (χ2v) is 8.09. The van der Waals surface area contributed by atoms with Gasteiger partial charge in [-0.05, 0) is 44.0 Å². The fourth-order valence-electron chi connectivity index (χ4n) is 2.99. The van der Waals surface area contributed by atoms with Crippen LogP contribution < -0.4 is 11.1 Å². The molecule has 0 aliphatic rings. The highest BCUT2D eigenvalue weighted by Gasteiger charge is 2.30. The lowest BCUT2D eigenvalue weighted by molar-refractivity contribution is -0.155. The van der Waals surface area contributed by atoms with Gasteiger partial charge in [0.15, 0.2) is 0 Å². The van der Waals surface area contributed by atoms with Crippen LogP contribution in [0.4, 0.5) is 5.69 Å². The van der Waals surface area contributed by atoms with Crippen LogP contribution in [0.2, 0.25) is 0 Å². The number of hydrogen-bond donors (Lipinski definition) is 3. The van der Waals surface area contributed by atoms with Crippen LogP contribution in [0.3, 0.4) is 0 Å². The molecule has 7 nitrogen and oxygen atoms in total. The van der Waals surface area contributed by atoms with E-state index in [9.17, 15) is 14.7 Å². The molecule has 0 aliphatic carbocycles. The van der Waals surface area contributed by atoms with E-state index >= 15 is 0 Å². The van der Waals surface area contributed by atoms with Crippen molar-refractivity contribution in [1.29, 1.82) is 0 Å². The van der Waals surface area contributed by atoms with Gasteiger partial charge in [0.2, 0.25) is 0 Å². The highest BCUT2D eigenvalue weighted by molar-refractivity contribution is 5.81. The summed E-state index contributed by atoms with van der Waals surface area (Å²) in [4.78, 5) is 25.7. The van der Waals surface area contributed by atoms with Crippen LogP contribution in [0.5, 0.6) is 0 Å². The molecule has 4 N–H and O–H groups in total.